The van der Waals surface area contributed by atoms with Crippen molar-refractivity contribution in [1.82, 2.24) is 4.98 Å². The maximum atomic E-state index is 11.9. The van der Waals surface area contributed by atoms with Crippen LogP contribution in [-0.4, -0.2) is 17.5 Å². The number of para-hydroxylation sites is 1. The van der Waals surface area contributed by atoms with Crippen molar-refractivity contribution < 1.29 is 9.53 Å². The molecule has 0 aliphatic rings. The number of nitrogens with one attached hydrogen (secondary N) is 1. The monoisotopic (exact) mass is 376 g/mol. The van der Waals surface area contributed by atoms with Crippen LogP contribution in [0.1, 0.15) is 31.4 Å². The number of hydrogen-bond acceptors (Lipinski definition) is 3. The highest BCUT2D eigenvalue weighted by molar-refractivity contribution is 9.10. The second-order valence-corrected chi connectivity index (χ2v) is 6.18. The molecule has 23 heavy (non-hydrogen) atoms. The number of nitrogens with zero attached hydrogens (tertiary/aromatic N) is 1. The van der Waals surface area contributed by atoms with Crippen molar-refractivity contribution in [2.24, 2.45) is 0 Å². The van der Waals surface area contributed by atoms with E-state index in [-0.39, 0.29) is 5.91 Å². The summed E-state index contributed by atoms with van der Waals surface area (Å²) in [6.07, 6.45) is 4.98. The zero-order valence-corrected chi connectivity index (χ0v) is 14.8. The van der Waals surface area contributed by atoms with Gasteiger partial charge in [-0.05, 0) is 66.4 Å². The number of carbonyl (C=O) groups excluding carboxylic acids is 1. The highest BCUT2D eigenvalue weighted by Gasteiger charge is 2.03. The van der Waals surface area contributed by atoms with Gasteiger partial charge in [0.1, 0.15) is 5.75 Å². The molecular weight excluding hydrogens is 356 g/mol. The van der Waals surface area contributed by atoms with E-state index in [4.69, 9.17) is 4.74 Å². The van der Waals surface area contributed by atoms with Crippen LogP contribution in [0.25, 0.3) is 0 Å². The minimum absolute atomic E-state index is 0.0438. The minimum atomic E-state index is 0.0438. The average molecular weight is 377 g/mol. The van der Waals surface area contributed by atoms with Gasteiger partial charge in [-0.2, -0.15) is 0 Å². The zero-order chi connectivity index (χ0) is 16.5. The van der Waals surface area contributed by atoms with Crippen LogP contribution < -0.4 is 10.1 Å². The van der Waals surface area contributed by atoms with Crippen LogP contribution in [0.15, 0.2) is 47.1 Å². The smallest absolute Gasteiger partial charge is 0.224 e. The Labute approximate surface area is 145 Å². The maximum absolute atomic E-state index is 11.9. The van der Waals surface area contributed by atoms with E-state index < -0.39 is 0 Å². The SMILES string of the molecule is Cc1cc(NC(=O)CCCCCOc2ccccc2Br)ccn1. The number of carbonyl (C=O) groups is 1. The Morgan fingerprint density at radius 3 is 2.83 bits per heavy atom. The fraction of sp³-hybridized carbons (Fsp3) is 0.333. The van der Waals surface area contributed by atoms with Gasteiger partial charge in [-0.25, -0.2) is 0 Å². The molecule has 4 nitrogen and oxygen atoms in total. The molecule has 0 aliphatic heterocycles. The van der Waals surface area contributed by atoms with Gasteiger partial charge < -0.3 is 10.1 Å². The molecular formula is C18H21BrN2O2. The molecule has 5 heteroatoms. The summed E-state index contributed by atoms with van der Waals surface area (Å²) < 4.78 is 6.66. The summed E-state index contributed by atoms with van der Waals surface area (Å²) in [7, 11) is 0. The Bertz CT molecular complexity index is 646. The van der Waals surface area contributed by atoms with Gasteiger partial charge in [0.15, 0.2) is 0 Å². The van der Waals surface area contributed by atoms with E-state index in [1.807, 2.05) is 37.3 Å². The Morgan fingerprint density at radius 2 is 2.04 bits per heavy atom. The molecule has 0 bridgehead atoms. The van der Waals surface area contributed by atoms with Crippen molar-refractivity contribution >= 4 is 27.5 Å². The van der Waals surface area contributed by atoms with Crippen LogP contribution in [0.3, 0.4) is 0 Å². The predicted molar refractivity (Wildman–Crippen MR) is 95.7 cm³/mol. The number of halogens is 1. The van der Waals surface area contributed by atoms with Gasteiger partial charge in [-0.3, -0.25) is 9.78 Å². The average Bonchev–Trinajstić information content (AvgIpc) is 2.52. The fourth-order valence-corrected chi connectivity index (χ4v) is 2.55. The Kier molecular flexibility index (Phi) is 7.07. The third-order valence-corrected chi connectivity index (χ3v) is 3.98. The summed E-state index contributed by atoms with van der Waals surface area (Å²) in [5, 5.41) is 2.89. The highest BCUT2D eigenvalue weighted by Crippen LogP contribution is 2.23. The number of aromatic nitrogens is 1. The van der Waals surface area contributed by atoms with Gasteiger partial charge in [-0.1, -0.05) is 12.1 Å². The van der Waals surface area contributed by atoms with Crippen molar-refractivity contribution in [3.05, 3.63) is 52.8 Å². The summed E-state index contributed by atoms with van der Waals surface area (Å²) in [4.78, 5) is 16.0. The quantitative estimate of drug-likeness (QED) is 0.677. The van der Waals surface area contributed by atoms with Crippen molar-refractivity contribution in [3.8, 4) is 5.75 Å². The van der Waals surface area contributed by atoms with Crippen LogP contribution in [-0.2, 0) is 4.79 Å². The topological polar surface area (TPSA) is 51.2 Å². The molecule has 2 aromatic rings. The summed E-state index contributed by atoms with van der Waals surface area (Å²) in [5.74, 6) is 0.903. The molecule has 1 amide bonds. The number of unbranched alkanes of at least 4 members (excludes halogenated alkanes) is 2. The number of rotatable bonds is 8. The molecule has 0 fully saturated rings. The van der Waals surface area contributed by atoms with Crippen LogP contribution in [0.2, 0.25) is 0 Å². The molecule has 0 atom stereocenters. The lowest BCUT2D eigenvalue weighted by atomic mass is 10.2. The van der Waals surface area contributed by atoms with Crippen LogP contribution in [0.4, 0.5) is 5.69 Å². The number of ether oxygens (including phenoxy) is 1. The van der Waals surface area contributed by atoms with Crippen molar-refractivity contribution in [3.63, 3.8) is 0 Å². The normalized spacial score (nSPS) is 10.3. The molecule has 1 aromatic carbocycles. The van der Waals surface area contributed by atoms with Crippen molar-refractivity contribution in [1.29, 1.82) is 0 Å². The first-order valence-electron chi connectivity index (χ1n) is 7.75. The third kappa shape index (κ3) is 6.40. The van der Waals surface area contributed by atoms with Gasteiger partial charge in [0.25, 0.3) is 0 Å². The Hall–Kier alpha value is -1.88. The van der Waals surface area contributed by atoms with E-state index >= 15 is 0 Å². The first-order chi connectivity index (χ1) is 11.1. The van der Waals surface area contributed by atoms with Crippen molar-refractivity contribution in [2.75, 3.05) is 11.9 Å². The van der Waals surface area contributed by atoms with Gasteiger partial charge in [0.2, 0.25) is 5.91 Å². The van der Waals surface area contributed by atoms with E-state index in [0.29, 0.717) is 13.0 Å². The minimum Gasteiger partial charge on any atom is -0.492 e. The number of pyridine rings is 1. The number of hydrogen-bond donors (Lipinski definition) is 1. The fourth-order valence-electron chi connectivity index (χ4n) is 2.16. The van der Waals surface area contributed by atoms with Crippen LogP contribution >= 0.6 is 15.9 Å². The molecule has 1 heterocycles. The molecule has 1 aromatic heterocycles. The van der Waals surface area contributed by atoms with E-state index in [0.717, 1.165) is 40.9 Å². The summed E-state index contributed by atoms with van der Waals surface area (Å²) in [6, 6.07) is 11.5. The second-order valence-electron chi connectivity index (χ2n) is 5.32. The Morgan fingerprint density at radius 1 is 1.22 bits per heavy atom. The molecule has 0 aliphatic carbocycles. The summed E-state index contributed by atoms with van der Waals surface area (Å²) in [5.41, 5.74) is 1.70. The lowest BCUT2D eigenvalue weighted by Crippen LogP contribution is -2.11. The molecule has 0 saturated carbocycles. The predicted octanol–water partition coefficient (Wildman–Crippen LogP) is 4.73. The van der Waals surface area contributed by atoms with Crippen LogP contribution in [0.5, 0.6) is 5.75 Å². The molecule has 122 valence electrons. The number of aryl methyl sites for hydroxylation is 1. The first-order valence-corrected chi connectivity index (χ1v) is 8.54. The second kappa shape index (κ2) is 9.30. The number of benzene rings is 1. The Balaban J connectivity index is 1.58. The zero-order valence-electron chi connectivity index (χ0n) is 13.2. The van der Waals surface area contributed by atoms with E-state index in [9.17, 15) is 4.79 Å². The third-order valence-electron chi connectivity index (χ3n) is 3.32. The van der Waals surface area contributed by atoms with Crippen LogP contribution in [0, 0.1) is 6.92 Å². The lowest BCUT2D eigenvalue weighted by Gasteiger charge is -2.08. The lowest BCUT2D eigenvalue weighted by molar-refractivity contribution is -0.116. The van der Waals surface area contributed by atoms with Gasteiger partial charge in [0, 0.05) is 24.0 Å². The van der Waals surface area contributed by atoms with E-state index in [1.54, 1.807) is 12.3 Å². The molecule has 0 spiro atoms. The van der Waals surface area contributed by atoms with Crippen molar-refractivity contribution in [2.45, 2.75) is 32.6 Å². The molecule has 0 saturated heterocycles. The van der Waals surface area contributed by atoms with Gasteiger partial charge in [0.05, 0.1) is 11.1 Å². The number of amides is 1. The standard InChI is InChI=1S/C18H21BrN2O2/c1-14-13-15(10-11-20-14)21-18(22)9-3-2-6-12-23-17-8-5-4-7-16(17)19/h4-5,7-8,10-11,13H,2-3,6,9,12H2,1H3,(H,20,21,22). The maximum Gasteiger partial charge on any atom is 0.224 e. The summed E-state index contributed by atoms with van der Waals surface area (Å²) >= 11 is 3.45. The number of anilines is 1. The van der Waals surface area contributed by atoms with Gasteiger partial charge in [-0.15, -0.1) is 0 Å². The summed E-state index contributed by atoms with van der Waals surface area (Å²) in [6.45, 7) is 2.56. The molecule has 2 rings (SSSR count). The molecule has 0 unspecified atom stereocenters. The largest absolute Gasteiger partial charge is 0.492 e. The highest BCUT2D eigenvalue weighted by atomic mass is 79.9. The van der Waals surface area contributed by atoms with E-state index in [1.165, 1.54) is 0 Å². The van der Waals surface area contributed by atoms with E-state index in [2.05, 4.69) is 26.2 Å². The molecule has 1 N–H and O–H groups in total. The first kappa shape index (κ1) is 17.5. The molecule has 0 radical (unpaired) electrons. The van der Waals surface area contributed by atoms with Gasteiger partial charge >= 0.3 is 0 Å².